The summed E-state index contributed by atoms with van der Waals surface area (Å²) in [5, 5.41) is 3.38. The largest absolute Gasteiger partial charge is 0.349 e. The van der Waals surface area contributed by atoms with Crippen LogP contribution in [0, 0.1) is 12.8 Å². The van der Waals surface area contributed by atoms with Crippen LogP contribution in [0.25, 0.3) is 0 Å². The second-order valence-corrected chi connectivity index (χ2v) is 7.79. The van der Waals surface area contributed by atoms with Crippen LogP contribution in [0.3, 0.4) is 0 Å². The summed E-state index contributed by atoms with van der Waals surface area (Å²) >= 11 is 0. The van der Waals surface area contributed by atoms with Crippen molar-refractivity contribution >= 4 is 17.5 Å². The van der Waals surface area contributed by atoms with Gasteiger partial charge in [-0.3, -0.25) is 4.99 Å². The van der Waals surface area contributed by atoms with E-state index in [0.29, 0.717) is 6.04 Å². The van der Waals surface area contributed by atoms with E-state index in [1.54, 1.807) is 6.33 Å². The first-order chi connectivity index (χ1) is 13.3. The maximum atomic E-state index is 4.61. The molecule has 1 aromatic heterocycles. The van der Waals surface area contributed by atoms with Gasteiger partial charge in [0.15, 0.2) is 0 Å². The molecule has 3 aliphatic rings. The number of hydrogen-bond acceptors (Lipinski definition) is 5. The molecule has 1 aliphatic carbocycles. The number of amidine groups is 1. The summed E-state index contributed by atoms with van der Waals surface area (Å²) in [5.41, 5.74) is 4.21. The van der Waals surface area contributed by atoms with E-state index in [0.717, 1.165) is 42.9 Å². The zero-order valence-electron chi connectivity index (χ0n) is 15.7. The molecule has 1 saturated heterocycles. The Hall–Kier alpha value is -2.69. The molecule has 2 aliphatic heterocycles. The summed E-state index contributed by atoms with van der Waals surface area (Å²) in [7, 11) is 0. The maximum absolute atomic E-state index is 4.61. The van der Waals surface area contributed by atoms with Gasteiger partial charge in [0.25, 0.3) is 0 Å². The topological polar surface area (TPSA) is 53.4 Å². The van der Waals surface area contributed by atoms with Gasteiger partial charge in [-0.2, -0.15) is 0 Å². The van der Waals surface area contributed by atoms with Crippen molar-refractivity contribution in [2.75, 3.05) is 23.3 Å². The first-order valence-corrected chi connectivity index (χ1v) is 9.94. The third kappa shape index (κ3) is 3.34. The van der Waals surface area contributed by atoms with Gasteiger partial charge in [-0.25, -0.2) is 9.97 Å². The molecule has 0 amide bonds. The van der Waals surface area contributed by atoms with Crippen molar-refractivity contribution in [2.24, 2.45) is 10.9 Å². The van der Waals surface area contributed by atoms with Crippen molar-refractivity contribution in [3.63, 3.8) is 0 Å². The van der Waals surface area contributed by atoms with Crippen LogP contribution in [0.4, 0.5) is 11.6 Å². The van der Waals surface area contributed by atoms with Crippen molar-refractivity contribution in [3.05, 3.63) is 59.4 Å². The van der Waals surface area contributed by atoms with Gasteiger partial charge in [-0.05, 0) is 61.3 Å². The summed E-state index contributed by atoms with van der Waals surface area (Å²) in [6.07, 6.45) is 8.85. The molecule has 3 heterocycles. The molecule has 5 heteroatoms. The van der Waals surface area contributed by atoms with Crippen molar-refractivity contribution < 1.29 is 0 Å². The SMILES string of the molecule is Cc1ccccc1C1CCCN1c1cc(NC2=NCC(C3CC3)=C2)ncn1. The van der Waals surface area contributed by atoms with Gasteiger partial charge >= 0.3 is 0 Å². The number of nitrogens with zero attached hydrogens (tertiary/aromatic N) is 4. The third-order valence-electron chi connectivity index (χ3n) is 5.86. The Morgan fingerprint density at radius 3 is 2.85 bits per heavy atom. The molecule has 5 nitrogen and oxygen atoms in total. The molecular weight excluding hydrogens is 334 g/mol. The molecule has 1 aromatic carbocycles. The van der Waals surface area contributed by atoms with Crippen molar-refractivity contribution in [3.8, 4) is 0 Å². The number of rotatable bonds is 4. The average molecular weight is 359 g/mol. The summed E-state index contributed by atoms with van der Waals surface area (Å²) in [5.74, 6) is 3.51. The number of aromatic nitrogens is 2. The van der Waals surface area contributed by atoms with Crippen LogP contribution in [0.5, 0.6) is 0 Å². The number of anilines is 2. The lowest BCUT2D eigenvalue weighted by atomic mass is 9.99. The second kappa shape index (κ2) is 6.80. The van der Waals surface area contributed by atoms with Gasteiger partial charge in [-0.15, -0.1) is 0 Å². The smallest absolute Gasteiger partial charge is 0.137 e. The number of aryl methyl sites for hydroxylation is 1. The first kappa shape index (κ1) is 16.5. The standard InChI is InChI=1S/C22H25N5/c1-15-5-2-3-6-18(15)19-7-4-10-27(19)22-12-21(24-14-25-22)26-20-11-17(13-23-20)16-8-9-16/h2-3,5-6,11-12,14,16,19H,4,7-10,13H2,1H3,(H,23,24,25,26). The third-order valence-corrected chi connectivity index (χ3v) is 5.86. The highest BCUT2D eigenvalue weighted by molar-refractivity contribution is 6.05. The van der Waals surface area contributed by atoms with Gasteiger partial charge in [0, 0.05) is 12.6 Å². The van der Waals surface area contributed by atoms with Crippen LogP contribution in [0.2, 0.25) is 0 Å². The van der Waals surface area contributed by atoms with E-state index in [-0.39, 0.29) is 0 Å². The highest BCUT2D eigenvalue weighted by Gasteiger charge is 2.29. The average Bonchev–Trinajstić information content (AvgIpc) is 3.23. The Kier molecular flexibility index (Phi) is 4.15. The molecular formula is C22H25N5. The molecule has 1 saturated carbocycles. The minimum Gasteiger partial charge on any atom is -0.349 e. The predicted octanol–water partition coefficient (Wildman–Crippen LogP) is 4.29. The van der Waals surface area contributed by atoms with Crippen molar-refractivity contribution in [2.45, 2.75) is 38.6 Å². The molecule has 1 unspecified atom stereocenters. The molecule has 5 rings (SSSR count). The highest BCUT2D eigenvalue weighted by Crippen LogP contribution is 2.38. The van der Waals surface area contributed by atoms with Crippen LogP contribution >= 0.6 is 0 Å². The molecule has 2 aromatic rings. The molecule has 0 radical (unpaired) electrons. The van der Waals surface area contributed by atoms with Gasteiger partial charge in [0.1, 0.15) is 23.8 Å². The van der Waals surface area contributed by atoms with Crippen LogP contribution in [0.15, 0.2) is 53.3 Å². The summed E-state index contributed by atoms with van der Waals surface area (Å²) < 4.78 is 0. The maximum Gasteiger partial charge on any atom is 0.137 e. The Morgan fingerprint density at radius 2 is 2.00 bits per heavy atom. The lowest BCUT2D eigenvalue weighted by molar-refractivity contribution is 0.706. The fourth-order valence-electron chi connectivity index (χ4n) is 4.25. The Labute approximate surface area is 160 Å². The Bertz CT molecular complexity index is 912. The van der Waals surface area contributed by atoms with Gasteiger partial charge in [-0.1, -0.05) is 24.3 Å². The molecule has 27 heavy (non-hydrogen) atoms. The zero-order chi connectivity index (χ0) is 18.2. The van der Waals surface area contributed by atoms with E-state index in [4.69, 9.17) is 0 Å². The van der Waals surface area contributed by atoms with Gasteiger partial charge < -0.3 is 10.2 Å². The number of hydrogen-bond donors (Lipinski definition) is 1. The van der Waals surface area contributed by atoms with Crippen LogP contribution in [0.1, 0.15) is 42.9 Å². The number of benzene rings is 1. The Morgan fingerprint density at radius 1 is 1.11 bits per heavy atom. The lowest BCUT2D eigenvalue weighted by Gasteiger charge is -2.27. The Balaban J connectivity index is 1.36. The molecule has 2 fully saturated rings. The predicted molar refractivity (Wildman–Crippen MR) is 109 cm³/mol. The minimum atomic E-state index is 0.388. The van der Waals surface area contributed by atoms with E-state index in [1.807, 2.05) is 0 Å². The second-order valence-electron chi connectivity index (χ2n) is 7.79. The minimum absolute atomic E-state index is 0.388. The van der Waals surface area contributed by atoms with Crippen LogP contribution in [-0.2, 0) is 0 Å². The van der Waals surface area contributed by atoms with Crippen LogP contribution in [-0.4, -0.2) is 28.9 Å². The number of aliphatic imine (C=N–C) groups is 1. The normalized spacial score (nSPS) is 22.0. The quantitative estimate of drug-likeness (QED) is 0.885. The van der Waals surface area contributed by atoms with E-state index in [9.17, 15) is 0 Å². The highest BCUT2D eigenvalue weighted by atomic mass is 15.2. The number of nitrogens with one attached hydrogen (secondary N) is 1. The molecule has 0 bridgehead atoms. The summed E-state index contributed by atoms with van der Waals surface area (Å²) in [6, 6.07) is 11.1. The van der Waals surface area contributed by atoms with Gasteiger partial charge in [0.05, 0.1) is 12.6 Å². The fourth-order valence-corrected chi connectivity index (χ4v) is 4.25. The zero-order valence-corrected chi connectivity index (χ0v) is 15.7. The molecule has 1 N–H and O–H groups in total. The van der Waals surface area contributed by atoms with Crippen molar-refractivity contribution in [1.29, 1.82) is 0 Å². The van der Waals surface area contributed by atoms with Crippen LogP contribution < -0.4 is 10.2 Å². The summed E-state index contributed by atoms with van der Waals surface area (Å²) in [4.78, 5) is 16.0. The lowest BCUT2D eigenvalue weighted by Crippen LogP contribution is -2.24. The fraction of sp³-hybridized carbons (Fsp3) is 0.409. The molecule has 0 spiro atoms. The van der Waals surface area contributed by atoms with Crippen molar-refractivity contribution in [1.82, 2.24) is 9.97 Å². The van der Waals surface area contributed by atoms with E-state index in [1.165, 1.54) is 36.0 Å². The van der Waals surface area contributed by atoms with E-state index >= 15 is 0 Å². The molecule has 1 atom stereocenters. The van der Waals surface area contributed by atoms with E-state index in [2.05, 4.69) is 68.5 Å². The monoisotopic (exact) mass is 359 g/mol. The van der Waals surface area contributed by atoms with E-state index < -0.39 is 0 Å². The molecule has 138 valence electrons. The first-order valence-electron chi connectivity index (χ1n) is 9.94. The summed E-state index contributed by atoms with van der Waals surface area (Å²) in [6.45, 7) is 4.06. The van der Waals surface area contributed by atoms with Gasteiger partial charge in [0.2, 0.25) is 0 Å².